The van der Waals surface area contributed by atoms with Gasteiger partial charge in [0.15, 0.2) is 0 Å². The monoisotopic (exact) mass is 655 g/mol. The number of ether oxygens (including phenoxy) is 1. The first-order valence-corrected chi connectivity index (χ1v) is 17.3. The Kier molecular flexibility index (Phi) is 11.8. The van der Waals surface area contributed by atoms with Gasteiger partial charge in [0.25, 0.3) is 10.0 Å². The molecular weight excluding hydrogens is 611 g/mol. The van der Waals surface area contributed by atoms with Crippen molar-refractivity contribution in [1.29, 1.82) is 0 Å². The number of anilines is 1. The molecule has 9 heteroatoms. The van der Waals surface area contributed by atoms with E-state index < -0.39 is 28.5 Å². The summed E-state index contributed by atoms with van der Waals surface area (Å²) in [5.41, 5.74) is 4.65. The molecule has 0 heterocycles. The van der Waals surface area contributed by atoms with Crippen LogP contribution in [0.1, 0.15) is 48.1 Å². The van der Waals surface area contributed by atoms with E-state index in [0.29, 0.717) is 12.2 Å². The molecule has 0 saturated heterocycles. The van der Waals surface area contributed by atoms with Gasteiger partial charge in [-0.1, -0.05) is 90.8 Å². The van der Waals surface area contributed by atoms with Crippen LogP contribution in [0.15, 0.2) is 102 Å². The first kappa shape index (κ1) is 35.2. The summed E-state index contributed by atoms with van der Waals surface area (Å²) in [5, 5.41) is 3.07. The Balaban J connectivity index is 1.86. The number of sulfonamides is 1. The Morgan fingerprint density at radius 1 is 0.809 bits per heavy atom. The molecule has 0 bridgehead atoms. The maximum atomic E-state index is 14.7. The first-order valence-electron chi connectivity index (χ1n) is 15.9. The SMILES string of the molecule is CC[C@@H](C)NC(=O)[C@@H](Cc1ccccc1)N(Cc1cccc(C)c1)C(=O)CN(c1cc(C)ccc1OC)S(=O)(=O)c1ccc(C)cc1. The van der Waals surface area contributed by atoms with Crippen molar-refractivity contribution in [2.75, 3.05) is 18.0 Å². The molecule has 4 aromatic carbocycles. The van der Waals surface area contributed by atoms with Gasteiger partial charge in [-0.3, -0.25) is 13.9 Å². The third kappa shape index (κ3) is 9.01. The van der Waals surface area contributed by atoms with E-state index in [1.807, 2.05) is 95.3 Å². The molecule has 1 N–H and O–H groups in total. The molecule has 0 aliphatic heterocycles. The summed E-state index contributed by atoms with van der Waals surface area (Å²) < 4.78 is 35.5. The maximum Gasteiger partial charge on any atom is 0.264 e. The van der Waals surface area contributed by atoms with Crippen molar-refractivity contribution < 1.29 is 22.7 Å². The van der Waals surface area contributed by atoms with Crippen LogP contribution in [0.5, 0.6) is 5.75 Å². The predicted octanol–water partition coefficient (Wildman–Crippen LogP) is 6.37. The molecule has 248 valence electrons. The van der Waals surface area contributed by atoms with Gasteiger partial charge in [0.2, 0.25) is 11.8 Å². The molecule has 2 amide bonds. The lowest BCUT2D eigenvalue weighted by molar-refractivity contribution is -0.140. The summed E-state index contributed by atoms with van der Waals surface area (Å²) in [4.78, 5) is 30.3. The number of nitrogens with one attached hydrogen (secondary N) is 1. The highest BCUT2D eigenvalue weighted by Gasteiger charge is 2.36. The highest BCUT2D eigenvalue weighted by molar-refractivity contribution is 7.92. The standard InChI is InChI=1S/C38H45N3O5S/c1-7-30(5)39-38(43)35(24-31-13-9-8-10-14-31)40(25-32-15-11-12-28(3)22-32)37(42)26-41(34-23-29(4)18-21-36(34)46-6)47(44,45)33-19-16-27(2)17-20-33/h8-23,30,35H,7,24-26H2,1-6H3,(H,39,43)/t30-,35-/m1/s1. The van der Waals surface area contributed by atoms with Crippen LogP contribution in [0.25, 0.3) is 0 Å². The largest absolute Gasteiger partial charge is 0.495 e. The number of hydrogen-bond donors (Lipinski definition) is 1. The second kappa shape index (κ2) is 15.8. The molecule has 0 aromatic heterocycles. The number of aryl methyl sites for hydroxylation is 3. The zero-order valence-corrected chi connectivity index (χ0v) is 28.9. The molecule has 0 radical (unpaired) electrons. The van der Waals surface area contributed by atoms with Crippen LogP contribution >= 0.6 is 0 Å². The quantitative estimate of drug-likeness (QED) is 0.170. The summed E-state index contributed by atoms with van der Waals surface area (Å²) in [6, 6.07) is 28.0. The molecular formula is C38H45N3O5S. The van der Waals surface area contributed by atoms with Crippen molar-refractivity contribution in [2.45, 2.75) is 71.0 Å². The Labute approximate surface area is 279 Å². The van der Waals surface area contributed by atoms with E-state index in [1.54, 1.807) is 24.3 Å². The first-order chi connectivity index (χ1) is 22.4. The van der Waals surface area contributed by atoms with Crippen molar-refractivity contribution in [2.24, 2.45) is 0 Å². The zero-order valence-electron chi connectivity index (χ0n) is 28.1. The topological polar surface area (TPSA) is 96.0 Å². The molecule has 0 aliphatic rings. The fourth-order valence-electron chi connectivity index (χ4n) is 5.35. The number of hydrogen-bond acceptors (Lipinski definition) is 5. The zero-order chi connectivity index (χ0) is 34.1. The van der Waals surface area contributed by atoms with Crippen LogP contribution in [0.2, 0.25) is 0 Å². The summed E-state index contributed by atoms with van der Waals surface area (Å²) in [6.45, 7) is 9.15. The second-order valence-electron chi connectivity index (χ2n) is 12.0. The Morgan fingerprint density at radius 3 is 2.09 bits per heavy atom. The minimum atomic E-state index is -4.25. The average Bonchev–Trinajstić information content (AvgIpc) is 3.05. The summed E-state index contributed by atoms with van der Waals surface area (Å²) >= 11 is 0. The van der Waals surface area contributed by atoms with Crippen LogP contribution in [-0.4, -0.2) is 50.9 Å². The molecule has 4 aromatic rings. The minimum Gasteiger partial charge on any atom is -0.495 e. The molecule has 2 atom stereocenters. The number of carbonyl (C=O) groups excluding carboxylic acids is 2. The molecule has 0 aliphatic carbocycles. The highest BCUT2D eigenvalue weighted by Crippen LogP contribution is 2.34. The van der Waals surface area contributed by atoms with Crippen molar-refractivity contribution in [3.05, 3.63) is 125 Å². The van der Waals surface area contributed by atoms with E-state index in [-0.39, 0.29) is 35.5 Å². The molecule has 0 unspecified atom stereocenters. The summed E-state index contributed by atoms with van der Waals surface area (Å²) in [7, 11) is -2.79. The Hall–Kier alpha value is -4.63. The Morgan fingerprint density at radius 2 is 1.45 bits per heavy atom. The van der Waals surface area contributed by atoms with Gasteiger partial charge in [0.1, 0.15) is 18.3 Å². The van der Waals surface area contributed by atoms with Crippen molar-refractivity contribution in [3.63, 3.8) is 0 Å². The van der Waals surface area contributed by atoms with Gasteiger partial charge in [-0.2, -0.15) is 0 Å². The van der Waals surface area contributed by atoms with Crippen LogP contribution in [-0.2, 0) is 32.6 Å². The third-order valence-corrected chi connectivity index (χ3v) is 9.97. The van der Waals surface area contributed by atoms with Crippen molar-refractivity contribution in [3.8, 4) is 5.75 Å². The van der Waals surface area contributed by atoms with Gasteiger partial charge >= 0.3 is 0 Å². The lowest BCUT2D eigenvalue weighted by Crippen LogP contribution is -2.54. The van der Waals surface area contributed by atoms with E-state index in [0.717, 1.165) is 32.1 Å². The molecule has 0 spiro atoms. The van der Waals surface area contributed by atoms with Crippen LogP contribution in [0, 0.1) is 20.8 Å². The van der Waals surface area contributed by atoms with Gasteiger partial charge in [0.05, 0.1) is 17.7 Å². The van der Waals surface area contributed by atoms with E-state index in [1.165, 1.54) is 24.1 Å². The lowest BCUT2D eigenvalue weighted by Gasteiger charge is -2.34. The molecule has 0 saturated carbocycles. The van der Waals surface area contributed by atoms with Crippen molar-refractivity contribution in [1.82, 2.24) is 10.2 Å². The van der Waals surface area contributed by atoms with Crippen LogP contribution < -0.4 is 14.4 Å². The molecule has 4 rings (SSSR count). The number of rotatable bonds is 14. The van der Waals surface area contributed by atoms with Crippen LogP contribution in [0.3, 0.4) is 0 Å². The van der Waals surface area contributed by atoms with E-state index in [9.17, 15) is 18.0 Å². The number of methoxy groups -OCH3 is 1. The fourth-order valence-corrected chi connectivity index (χ4v) is 6.76. The van der Waals surface area contributed by atoms with Gasteiger partial charge in [0, 0.05) is 19.0 Å². The Bertz CT molecular complexity index is 1780. The van der Waals surface area contributed by atoms with Crippen molar-refractivity contribution >= 4 is 27.5 Å². The predicted molar refractivity (Wildman–Crippen MR) is 187 cm³/mol. The highest BCUT2D eigenvalue weighted by atomic mass is 32.2. The van der Waals surface area contributed by atoms with Gasteiger partial charge in [-0.15, -0.1) is 0 Å². The van der Waals surface area contributed by atoms with E-state index in [2.05, 4.69) is 5.32 Å². The minimum absolute atomic E-state index is 0.0417. The summed E-state index contributed by atoms with van der Waals surface area (Å²) in [6.07, 6.45) is 0.963. The van der Waals surface area contributed by atoms with Gasteiger partial charge in [-0.25, -0.2) is 8.42 Å². The van der Waals surface area contributed by atoms with Crippen LogP contribution in [0.4, 0.5) is 5.69 Å². The average molecular weight is 656 g/mol. The van der Waals surface area contributed by atoms with Gasteiger partial charge in [-0.05, 0) is 75.1 Å². The number of benzene rings is 4. The molecule has 47 heavy (non-hydrogen) atoms. The fraction of sp³-hybridized carbons (Fsp3) is 0.316. The molecule has 8 nitrogen and oxygen atoms in total. The molecule has 0 fully saturated rings. The smallest absolute Gasteiger partial charge is 0.264 e. The number of amides is 2. The summed E-state index contributed by atoms with van der Waals surface area (Å²) in [5.74, 6) is -0.518. The lowest BCUT2D eigenvalue weighted by atomic mass is 10.0. The van der Waals surface area contributed by atoms with E-state index in [4.69, 9.17) is 4.74 Å². The van der Waals surface area contributed by atoms with Gasteiger partial charge < -0.3 is 15.0 Å². The van der Waals surface area contributed by atoms with E-state index >= 15 is 0 Å². The third-order valence-electron chi connectivity index (χ3n) is 8.20. The normalized spacial score (nSPS) is 12.6. The second-order valence-corrected chi connectivity index (χ2v) is 13.9. The maximum absolute atomic E-state index is 14.7. The number of nitrogens with zero attached hydrogens (tertiary/aromatic N) is 2. The number of carbonyl (C=O) groups is 2.